The van der Waals surface area contributed by atoms with Gasteiger partial charge in [-0.2, -0.15) is 0 Å². The van der Waals surface area contributed by atoms with E-state index >= 15 is 0 Å². The zero-order valence-electron chi connectivity index (χ0n) is 13.4. The second-order valence-corrected chi connectivity index (χ2v) is 6.94. The lowest BCUT2D eigenvalue weighted by molar-refractivity contribution is -0.142. The number of carboxylic acid groups (broad SMARTS) is 1. The number of hydrogen-bond acceptors (Lipinski definition) is 4. The van der Waals surface area contributed by atoms with E-state index in [-0.39, 0.29) is 12.0 Å². The molecule has 2 rings (SSSR count). The lowest BCUT2D eigenvalue weighted by atomic mass is 9.86. The lowest BCUT2D eigenvalue weighted by Gasteiger charge is -2.35. The van der Waals surface area contributed by atoms with Crippen LogP contribution in [0.4, 0.5) is 0 Å². The fourth-order valence-electron chi connectivity index (χ4n) is 3.43. The molecule has 0 aromatic heterocycles. The van der Waals surface area contributed by atoms with Gasteiger partial charge in [-0.1, -0.05) is 13.8 Å². The van der Waals surface area contributed by atoms with Crippen LogP contribution in [0.15, 0.2) is 0 Å². The largest absolute Gasteiger partial charge is 0.481 e. The minimum absolute atomic E-state index is 0.129. The predicted octanol–water partition coefficient (Wildman–Crippen LogP) is 1.58. The van der Waals surface area contributed by atoms with E-state index in [1.807, 2.05) is 0 Å². The Morgan fingerprint density at radius 1 is 1.33 bits per heavy atom. The molecule has 1 atom stereocenters. The van der Waals surface area contributed by atoms with E-state index in [0.29, 0.717) is 12.0 Å². The van der Waals surface area contributed by atoms with Gasteiger partial charge in [0.2, 0.25) is 0 Å². The maximum absolute atomic E-state index is 10.9. The zero-order valence-corrected chi connectivity index (χ0v) is 13.4. The molecular weight excluding hydrogens is 268 g/mol. The topological polar surface area (TPSA) is 61.8 Å². The van der Waals surface area contributed by atoms with Gasteiger partial charge in [-0.15, -0.1) is 0 Å². The van der Waals surface area contributed by atoms with Gasteiger partial charge in [0.05, 0.1) is 18.6 Å². The lowest BCUT2D eigenvalue weighted by Crippen LogP contribution is -2.49. The summed E-state index contributed by atoms with van der Waals surface area (Å²) in [7, 11) is 0. The number of ether oxygens (including phenoxy) is 1. The summed E-state index contributed by atoms with van der Waals surface area (Å²) >= 11 is 0. The van der Waals surface area contributed by atoms with Crippen molar-refractivity contribution in [3.05, 3.63) is 0 Å². The van der Waals surface area contributed by atoms with Crippen molar-refractivity contribution in [1.29, 1.82) is 0 Å². The Morgan fingerprint density at radius 2 is 2.05 bits per heavy atom. The van der Waals surface area contributed by atoms with Crippen molar-refractivity contribution in [3.63, 3.8) is 0 Å². The van der Waals surface area contributed by atoms with E-state index in [4.69, 9.17) is 9.84 Å². The first kappa shape index (κ1) is 16.7. The fourth-order valence-corrected chi connectivity index (χ4v) is 3.43. The number of carboxylic acids is 1. The number of nitrogens with zero attached hydrogens (tertiary/aromatic N) is 1. The van der Waals surface area contributed by atoms with Crippen LogP contribution in [0.2, 0.25) is 0 Å². The minimum Gasteiger partial charge on any atom is -0.481 e. The highest BCUT2D eigenvalue weighted by Crippen LogP contribution is 2.24. The summed E-state index contributed by atoms with van der Waals surface area (Å²) in [6.07, 6.45) is 3.82. The maximum Gasteiger partial charge on any atom is 0.306 e. The van der Waals surface area contributed by atoms with Gasteiger partial charge in [-0.25, -0.2) is 0 Å². The van der Waals surface area contributed by atoms with Gasteiger partial charge in [0.25, 0.3) is 0 Å². The molecule has 2 fully saturated rings. The summed E-state index contributed by atoms with van der Waals surface area (Å²) in [5.74, 6) is -0.0630. The van der Waals surface area contributed by atoms with E-state index in [0.717, 1.165) is 58.5 Å². The van der Waals surface area contributed by atoms with Gasteiger partial charge in [0.15, 0.2) is 0 Å². The third kappa shape index (κ3) is 5.57. The first-order valence-corrected chi connectivity index (χ1v) is 8.34. The van der Waals surface area contributed by atoms with Crippen molar-refractivity contribution in [2.75, 3.05) is 32.8 Å². The number of morpholine rings is 1. The van der Waals surface area contributed by atoms with Crippen LogP contribution in [0, 0.1) is 11.8 Å². The highest BCUT2D eigenvalue weighted by Gasteiger charge is 2.27. The van der Waals surface area contributed by atoms with Crippen molar-refractivity contribution >= 4 is 5.97 Å². The molecule has 1 aliphatic carbocycles. The average molecular weight is 298 g/mol. The van der Waals surface area contributed by atoms with E-state index in [1.165, 1.54) is 0 Å². The van der Waals surface area contributed by atoms with Crippen molar-refractivity contribution in [3.8, 4) is 0 Å². The molecule has 21 heavy (non-hydrogen) atoms. The second kappa shape index (κ2) is 8.11. The van der Waals surface area contributed by atoms with Crippen molar-refractivity contribution in [2.45, 2.75) is 51.7 Å². The quantitative estimate of drug-likeness (QED) is 0.779. The molecule has 2 N–H and O–H groups in total. The van der Waals surface area contributed by atoms with Gasteiger partial charge in [-0.3, -0.25) is 9.69 Å². The molecule has 2 aliphatic rings. The van der Waals surface area contributed by atoms with Crippen LogP contribution in [-0.2, 0) is 9.53 Å². The SMILES string of the molecule is CC(C)CN1CCOC(CNC2CCC(C(=O)O)CC2)C1. The summed E-state index contributed by atoms with van der Waals surface area (Å²) < 4.78 is 5.84. The summed E-state index contributed by atoms with van der Waals surface area (Å²) in [5.41, 5.74) is 0. The molecular formula is C16H30N2O3. The van der Waals surface area contributed by atoms with Crippen LogP contribution in [-0.4, -0.2) is 60.9 Å². The normalized spacial score (nSPS) is 31.5. The maximum atomic E-state index is 10.9. The predicted molar refractivity (Wildman–Crippen MR) is 82.4 cm³/mol. The molecule has 5 heteroatoms. The van der Waals surface area contributed by atoms with Crippen LogP contribution >= 0.6 is 0 Å². The van der Waals surface area contributed by atoms with Gasteiger partial charge in [0.1, 0.15) is 0 Å². The number of rotatable bonds is 6. The fraction of sp³-hybridized carbons (Fsp3) is 0.938. The molecule has 0 amide bonds. The number of aliphatic carboxylic acids is 1. The third-order valence-electron chi connectivity index (χ3n) is 4.56. The zero-order chi connectivity index (χ0) is 15.2. The first-order valence-electron chi connectivity index (χ1n) is 8.34. The number of hydrogen-bond donors (Lipinski definition) is 2. The Kier molecular flexibility index (Phi) is 6.45. The Bertz CT molecular complexity index is 327. The summed E-state index contributed by atoms with van der Waals surface area (Å²) in [4.78, 5) is 13.4. The minimum atomic E-state index is -0.631. The van der Waals surface area contributed by atoms with Crippen molar-refractivity contribution in [1.82, 2.24) is 10.2 Å². The summed E-state index contributed by atoms with van der Waals surface area (Å²) in [6.45, 7) is 9.41. The molecule has 1 saturated heterocycles. The van der Waals surface area contributed by atoms with Gasteiger partial charge >= 0.3 is 5.97 Å². The highest BCUT2D eigenvalue weighted by molar-refractivity contribution is 5.70. The van der Waals surface area contributed by atoms with Crippen molar-refractivity contribution in [2.24, 2.45) is 11.8 Å². The van der Waals surface area contributed by atoms with Crippen LogP contribution in [0.5, 0.6) is 0 Å². The molecule has 5 nitrogen and oxygen atoms in total. The molecule has 1 heterocycles. The highest BCUT2D eigenvalue weighted by atomic mass is 16.5. The number of carbonyl (C=O) groups is 1. The van der Waals surface area contributed by atoms with Crippen LogP contribution in [0.25, 0.3) is 0 Å². The Hall–Kier alpha value is -0.650. The van der Waals surface area contributed by atoms with E-state index in [1.54, 1.807) is 0 Å². The molecule has 1 aliphatic heterocycles. The summed E-state index contributed by atoms with van der Waals surface area (Å²) in [5, 5.41) is 12.6. The molecule has 0 spiro atoms. The Balaban J connectivity index is 1.65. The van der Waals surface area contributed by atoms with E-state index < -0.39 is 5.97 Å². The summed E-state index contributed by atoms with van der Waals surface area (Å²) in [6, 6.07) is 0.463. The molecule has 0 radical (unpaired) electrons. The van der Waals surface area contributed by atoms with Crippen molar-refractivity contribution < 1.29 is 14.6 Å². The van der Waals surface area contributed by atoms with E-state index in [2.05, 4.69) is 24.1 Å². The second-order valence-electron chi connectivity index (χ2n) is 6.94. The van der Waals surface area contributed by atoms with Crippen LogP contribution < -0.4 is 5.32 Å². The standard InChI is InChI=1S/C16H30N2O3/c1-12(2)10-18-7-8-21-15(11-18)9-17-14-5-3-13(4-6-14)16(19)20/h12-15,17H,3-11H2,1-2H3,(H,19,20). The molecule has 1 saturated carbocycles. The number of nitrogens with one attached hydrogen (secondary N) is 1. The molecule has 0 aromatic carbocycles. The van der Waals surface area contributed by atoms with Gasteiger partial charge in [0, 0.05) is 32.2 Å². The Morgan fingerprint density at radius 3 is 2.67 bits per heavy atom. The Labute approximate surface area is 128 Å². The third-order valence-corrected chi connectivity index (χ3v) is 4.56. The van der Waals surface area contributed by atoms with E-state index in [9.17, 15) is 4.79 Å². The van der Waals surface area contributed by atoms with Gasteiger partial charge < -0.3 is 15.2 Å². The smallest absolute Gasteiger partial charge is 0.306 e. The molecule has 122 valence electrons. The molecule has 0 aromatic rings. The molecule has 0 bridgehead atoms. The van der Waals surface area contributed by atoms with Crippen LogP contribution in [0.3, 0.4) is 0 Å². The first-order chi connectivity index (χ1) is 10.0. The average Bonchev–Trinajstić information content (AvgIpc) is 2.45. The van der Waals surface area contributed by atoms with Gasteiger partial charge in [-0.05, 0) is 31.6 Å². The molecule has 1 unspecified atom stereocenters. The van der Waals surface area contributed by atoms with Crippen LogP contribution in [0.1, 0.15) is 39.5 Å². The monoisotopic (exact) mass is 298 g/mol.